The van der Waals surface area contributed by atoms with Gasteiger partial charge >= 0.3 is 0 Å². The molecule has 3 heteroatoms. The zero-order valence-electron chi connectivity index (χ0n) is 8.25. The van der Waals surface area contributed by atoms with Crippen molar-refractivity contribution in [3.63, 3.8) is 0 Å². The van der Waals surface area contributed by atoms with Crippen molar-refractivity contribution in [1.29, 1.82) is 0 Å². The first kappa shape index (κ1) is 11.2. The van der Waals surface area contributed by atoms with Gasteiger partial charge in [-0.25, -0.2) is 0 Å². The minimum atomic E-state index is 0.112. The number of Topliss-reactive ketones (excluding diaryl/α,β-unsaturated/α-hetero) is 1. The molecule has 1 aromatic rings. The zero-order valence-corrected chi connectivity index (χ0v) is 9.84. The fourth-order valence-corrected chi connectivity index (χ4v) is 1.55. The highest BCUT2D eigenvalue weighted by atomic mass is 79.9. The molecule has 14 heavy (non-hydrogen) atoms. The zero-order chi connectivity index (χ0) is 10.7. The molecule has 0 aliphatic rings. The van der Waals surface area contributed by atoms with Crippen molar-refractivity contribution in [2.24, 2.45) is 5.92 Å². The third-order valence-corrected chi connectivity index (χ3v) is 2.50. The van der Waals surface area contributed by atoms with Gasteiger partial charge in [0.2, 0.25) is 0 Å². The van der Waals surface area contributed by atoms with Crippen LogP contribution in [0.1, 0.15) is 30.6 Å². The van der Waals surface area contributed by atoms with Crippen LogP contribution in [0.5, 0.6) is 5.75 Å². The third-order valence-electron chi connectivity index (χ3n) is 1.86. The highest BCUT2D eigenvalue weighted by Gasteiger charge is 2.09. The number of carbonyl (C=O) groups excluding carboxylic acids is 1. The molecule has 0 heterocycles. The van der Waals surface area contributed by atoms with Crippen LogP contribution in [0.3, 0.4) is 0 Å². The molecule has 1 N–H and O–H groups in total. The lowest BCUT2D eigenvalue weighted by Crippen LogP contribution is -2.03. The first-order chi connectivity index (χ1) is 6.50. The summed E-state index contributed by atoms with van der Waals surface area (Å²) >= 11 is 3.18. The first-order valence-electron chi connectivity index (χ1n) is 4.52. The number of benzene rings is 1. The summed E-state index contributed by atoms with van der Waals surface area (Å²) < 4.78 is 0.562. The van der Waals surface area contributed by atoms with Crippen LogP contribution in [-0.2, 0) is 0 Å². The Balaban J connectivity index is 2.86. The first-order valence-corrected chi connectivity index (χ1v) is 5.31. The van der Waals surface area contributed by atoms with Gasteiger partial charge < -0.3 is 5.11 Å². The Labute approximate surface area is 92.1 Å². The Morgan fingerprint density at radius 1 is 1.50 bits per heavy atom. The number of aromatic hydroxyl groups is 1. The van der Waals surface area contributed by atoms with Crippen molar-refractivity contribution in [1.82, 2.24) is 0 Å². The summed E-state index contributed by atoms with van der Waals surface area (Å²) in [6.07, 6.45) is 0.539. The van der Waals surface area contributed by atoms with Gasteiger partial charge in [-0.05, 0) is 40.0 Å². The topological polar surface area (TPSA) is 37.3 Å². The quantitative estimate of drug-likeness (QED) is 0.843. The molecule has 1 aromatic carbocycles. The van der Waals surface area contributed by atoms with Crippen LogP contribution in [0.25, 0.3) is 0 Å². The number of hydrogen-bond acceptors (Lipinski definition) is 2. The van der Waals surface area contributed by atoms with E-state index >= 15 is 0 Å². The molecule has 0 spiro atoms. The van der Waals surface area contributed by atoms with E-state index in [2.05, 4.69) is 15.9 Å². The van der Waals surface area contributed by atoms with Gasteiger partial charge in [0.1, 0.15) is 5.75 Å². The van der Waals surface area contributed by atoms with Gasteiger partial charge in [0.05, 0.1) is 4.47 Å². The molecule has 0 atom stereocenters. The fraction of sp³-hybridized carbons (Fsp3) is 0.364. The number of phenolic OH excluding ortho intramolecular Hbond substituents is 1. The molecule has 0 bridgehead atoms. The van der Waals surface area contributed by atoms with Gasteiger partial charge in [-0.3, -0.25) is 4.79 Å². The average molecular weight is 257 g/mol. The van der Waals surface area contributed by atoms with Crippen molar-refractivity contribution >= 4 is 21.7 Å². The molecule has 1 rings (SSSR count). The van der Waals surface area contributed by atoms with Crippen LogP contribution < -0.4 is 0 Å². The minimum Gasteiger partial charge on any atom is -0.507 e. The molecule has 0 amide bonds. The summed E-state index contributed by atoms with van der Waals surface area (Å²) in [5.41, 5.74) is 0.642. The normalized spacial score (nSPS) is 10.6. The second-order valence-electron chi connectivity index (χ2n) is 3.69. The van der Waals surface area contributed by atoms with Gasteiger partial charge in [0.25, 0.3) is 0 Å². The Hall–Kier alpha value is -0.830. The van der Waals surface area contributed by atoms with Crippen molar-refractivity contribution < 1.29 is 9.90 Å². The number of halogens is 1. The summed E-state index contributed by atoms with van der Waals surface area (Å²) in [7, 11) is 0. The monoisotopic (exact) mass is 256 g/mol. The lowest BCUT2D eigenvalue weighted by atomic mass is 10.0. The van der Waals surface area contributed by atoms with Gasteiger partial charge in [-0.1, -0.05) is 13.8 Å². The van der Waals surface area contributed by atoms with E-state index in [1.54, 1.807) is 12.1 Å². The molecule has 0 saturated carbocycles. The van der Waals surface area contributed by atoms with Crippen LogP contribution in [-0.4, -0.2) is 10.9 Å². The fourth-order valence-electron chi connectivity index (χ4n) is 1.17. The second kappa shape index (κ2) is 4.60. The number of rotatable bonds is 3. The van der Waals surface area contributed by atoms with Crippen molar-refractivity contribution in [3.05, 3.63) is 28.2 Å². The highest BCUT2D eigenvalue weighted by Crippen LogP contribution is 2.25. The molecular weight excluding hydrogens is 244 g/mol. The Kier molecular flexibility index (Phi) is 3.69. The summed E-state index contributed by atoms with van der Waals surface area (Å²) in [6.45, 7) is 4.01. The maximum atomic E-state index is 11.6. The lowest BCUT2D eigenvalue weighted by Gasteiger charge is -2.05. The lowest BCUT2D eigenvalue weighted by molar-refractivity contribution is 0.0968. The van der Waals surface area contributed by atoms with Gasteiger partial charge in [0.15, 0.2) is 5.78 Å². The predicted octanol–water partition coefficient (Wildman–Crippen LogP) is 3.38. The summed E-state index contributed by atoms with van der Waals surface area (Å²) in [6, 6.07) is 4.82. The summed E-state index contributed by atoms with van der Waals surface area (Å²) in [4.78, 5) is 11.6. The van der Waals surface area contributed by atoms with E-state index in [1.807, 2.05) is 13.8 Å². The van der Waals surface area contributed by atoms with Crippen LogP contribution in [0.2, 0.25) is 0 Å². The largest absolute Gasteiger partial charge is 0.507 e. The number of phenols is 1. The summed E-state index contributed by atoms with van der Waals surface area (Å²) in [5.74, 6) is 0.627. The minimum absolute atomic E-state index is 0.112. The van der Waals surface area contributed by atoms with Crippen molar-refractivity contribution in [2.45, 2.75) is 20.3 Å². The van der Waals surface area contributed by atoms with Gasteiger partial charge in [-0.15, -0.1) is 0 Å². The molecule has 0 saturated heterocycles. The highest BCUT2D eigenvalue weighted by molar-refractivity contribution is 9.10. The van der Waals surface area contributed by atoms with Crippen molar-refractivity contribution in [2.75, 3.05) is 0 Å². The van der Waals surface area contributed by atoms with Crippen LogP contribution >= 0.6 is 15.9 Å². The molecule has 0 aliphatic heterocycles. The summed E-state index contributed by atoms with van der Waals surface area (Å²) in [5, 5.41) is 9.25. The van der Waals surface area contributed by atoms with Crippen LogP contribution in [0.4, 0.5) is 0 Å². The van der Waals surface area contributed by atoms with Gasteiger partial charge in [0, 0.05) is 12.0 Å². The van der Waals surface area contributed by atoms with E-state index in [-0.39, 0.29) is 11.5 Å². The SMILES string of the molecule is CC(C)CC(=O)c1ccc(O)c(Br)c1. The average Bonchev–Trinajstić information content (AvgIpc) is 2.08. The van der Waals surface area contributed by atoms with E-state index in [0.717, 1.165) is 0 Å². The number of carbonyl (C=O) groups is 1. The molecule has 0 unspecified atom stereocenters. The molecule has 0 aromatic heterocycles. The Bertz CT molecular complexity index is 345. The maximum Gasteiger partial charge on any atom is 0.163 e. The molecule has 76 valence electrons. The Morgan fingerprint density at radius 2 is 2.14 bits per heavy atom. The smallest absolute Gasteiger partial charge is 0.163 e. The molecular formula is C11H13BrO2. The van der Waals surface area contributed by atoms with E-state index < -0.39 is 0 Å². The molecule has 0 aliphatic carbocycles. The number of ketones is 1. The standard InChI is InChI=1S/C11H13BrO2/c1-7(2)5-11(14)8-3-4-10(13)9(12)6-8/h3-4,6-7,13H,5H2,1-2H3. The van der Waals surface area contributed by atoms with Crippen LogP contribution in [0, 0.1) is 5.92 Å². The van der Waals surface area contributed by atoms with E-state index in [4.69, 9.17) is 0 Å². The second-order valence-corrected chi connectivity index (χ2v) is 4.54. The number of hydrogen-bond donors (Lipinski definition) is 1. The van der Waals surface area contributed by atoms with E-state index in [0.29, 0.717) is 22.4 Å². The van der Waals surface area contributed by atoms with E-state index in [1.165, 1.54) is 6.07 Å². The van der Waals surface area contributed by atoms with Crippen molar-refractivity contribution in [3.8, 4) is 5.75 Å². The van der Waals surface area contributed by atoms with Gasteiger partial charge in [-0.2, -0.15) is 0 Å². The van der Waals surface area contributed by atoms with E-state index in [9.17, 15) is 9.90 Å². The third kappa shape index (κ3) is 2.84. The molecule has 0 fully saturated rings. The Morgan fingerprint density at radius 3 is 2.64 bits per heavy atom. The molecule has 2 nitrogen and oxygen atoms in total. The van der Waals surface area contributed by atoms with Crippen LogP contribution in [0.15, 0.2) is 22.7 Å². The maximum absolute atomic E-state index is 11.6. The predicted molar refractivity (Wildman–Crippen MR) is 59.6 cm³/mol. The molecule has 0 radical (unpaired) electrons.